The Balaban J connectivity index is 1.94. The van der Waals surface area contributed by atoms with Crippen LogP contribution < -0.4 is 5.32 Å². The normalized spacial score (nSPS) is 18.3. The first-order valence-electron chi connectivity index (χ1n) is 6.05. The fourth-order valence-corrected chi connectivity index (χ4v) is 3.27. The summed E-state index contributed by atoms with van der Waals surface area (Å²) in [6.45, 7) is 3.97. The zero-order valence-corrected chi connectivity index (χ0v) is 12.8. The largest absolute Gasteiger partial charge is 0.325 e. The molecule has 1 aliphatic heterocycles. The summed E-state index contributed by atoms with van der Waals surface area (Å²) in [6, 6.07) is 7.62. The number of hydrogen-bond donors (Lipinski definition) is 1. The van der Waals surface area contributed by atoms with Crippen LogP contribution in [0.1, 0.15) is 6.92 Å². The van der Waals surface area contributed by atoms with E-state index in [9.17, 15) is 4.79 Å². The number of carbonyl (C=O) groups is 1. The maximum atomic E-state index is 12.1. The maximum absolute atomic E-state index is 12.1. The number of nitrogens with one attached hydrogen (secondary N) is 1. The molecule has 5 heteroatoms. The number of halogens is 1. The van der Waals surface area contributed by atoms with Crippen molar-refractivity contribution in [2.75, 3.05) is 29.9 Å². The maximum Gasteiger partial charge on any atom is 0.241 e. The van der Waals surface area contributed by atoms with Crippen molar-refractivity contribution >= 4 is 39.3 Å². The van der Waals surface area contributed by atoms with E-state index in [0.29, 0.717) is 0 Å². The van der Waals surface area contributed by atoms with E-state index in [0.717, 1.165) is 34.8 Å². The van der Waals surface area contributed by atoms with Gasteiger partial charge in [0.1, 0.15) is 0 Å². The molecular formula is C13H17BrN2OS. The van der Waals surface area contributed by atoms with Gasteiger partial charge in [-0.1, -0.05) is 22.0 Å². The fourth-order valence-electron chi connectivity index (χ4n) is 1.94. The number of carbonyl (C=O) groups excluding carboxylic acids is 1. The molecule has 1 aliphatic rings. The fraction of sp³-hybridized carbons (Fsp3) is 0.462. The molecule has 1 amide bonds. The monoisotopic (exact) mass is 328 g/mol. The van der Waals surface area contributed by atoms with E-state index in [1.54, 1.807) is 0 Å². The average molecular weight is 329 g/mol. The Morgan fingerprint density at radius 3 is 2.83 bits per heavy atom. The molecule has 0 radical (unpaired) electrons. The first kappa shape index (κ1) is 13.9. The molecule has 0 aliphatic carbocycles. The SMILES string of the molecule is CC(C(=O)Nc1cccc(Br)c1)N1CCSCC1. The van der Waals surface area contributed by atoms with Gasteiger partial charge in [0.2, 0.25) is 5.91 Å². The third-order valence-corrected chi connectivity index (χ3v) is 4.50. The van der Waals surface area contributed by atoms with Crippen molar-refractivity contribution < 1.29 is 4.79 Å². The zero-order valence-electron chi connectivity index (χ0n) is 10.4. The second-order valence-electron chi connectivity index (χ2n) is 4.32. The molecule has 3 nitrogen and oxygen atoms in total. The number of rotatable bonds is 3. The third-order valence-electron chi connectivity index (χ3n) is 3.06. The second kappa shape index (κ2) is 6.59. The molecule has 1 atom stereocenters. The molecule has 98 valence electrons. The lowest BCUT2D eigenvalue weighted by Gasteiger charge is -2.31. The number of amides is 1. The van der Waals surface area contributed by atoms with Crippen LogP contribution in [0.2, 0.25) is 0 Å². The van der Waals surface area contributed by atoms with Crippen molar-refractivity contribution in [2.24, 2.45) is 0 Å². The van der Waals surface area contributed by atoms with E-state index in [1.807, 2.05) is 43.0 Å². The molecule has 1 fully saturated rings. The smallest absolute Gasteiger partial charge is 0.241 e. The Labute approximate surface area is 120 Å². The van der Waals surface area contributed by atoms with Crippen LogP contribution in [0, 0.1) is 0 Å². The van der Waals surface area contributed by atoms with Gasteiger partial charge < -0.3 is 5.32 Å². The number of nitrogens with zero attached hydrogens (tertiary/aromatic N) is 1. The Hall–Kier alpha value is -0.520. The molecule has 0 saturated carbocycles. The van der Waals surface area contributed by atoms with Crippen LogP contribution in [0.15, 0.2) is 28.7 Å². The van der Waals surface area contributed by atoms with Crippen LogP contribution in [0.4, 0.5) is 5.69 Å². The molecule has 0 aromatic heterocycles. The van der Waals surface area contributed by atoms with Crippen molar-refractivity contribution in [1.29, 1.82) is 0 Å². The predicted octanol–water partition coefficient (Wildman–Crippen LogP) is 2.82. The lowest BCUT2D eigenvalue weighted by Crippen LogP contribution is -2.46. The van der Waals surface area contributed by atoms with Crippen molar-refractivity contribution in [3.8, 4) is 0 Å². The quantitative estimate of drug-likeness (QED) is 0.926. The summed E-state index contributed by atoms with van der Waals surface area (Å²) in [4.78, 5) is 14.4. The average Bonchev–Trinajstić information content (AvgIpc) is 2.39. The minimum atomic E-state index is -0.0649. The van der Waals surface area contributed by atoms with Gasteiger partial charge in [-0.25, -0.2) is 0 Å². The van der Waals surface area contributed by atoms with Gasteiger partial charge in [0.05, 0.1) is 6.04 Å². The van der Waals surface area contributed by atoms with E-state index in [4.69, 9.17) is 0 Å². The summed E-state index contributed by atoms with van der Waals surface area (Å²) in [5, 5.41) is 2.96. The van der Waals surface area contributed by atoms with Gasteiger partial charge >= 0.3 is 0 Å². The number of benzene rings is 1. The topological polar surface area (TPSA) is 32.3 Å². The molecule has 18 heavy (non-hydrogen) atoms. The number of anilines is 1. The van der Waals surface area contributed by atoms with Crippen LogP contribution in [-0.2, 0) is 4.79 Å². The summed E-state index contributed by atoms with van der Waals surface area (Å²) in [5.41, 5.74) is 0.840. The van der Waals surface area contributed by atoms with Gasteiger partial charge in [-0.05, 0) is 25.1 Å². The molecular weight excluding hydrogens is 312 g/mol. The highest BCUT2D eigenvalue weighted by atomic mass is 79.9. The standard InChI is InChI=1S/C13H17BrN2OS/c1-10(16-5-7-18-8-6-16)13(17)15-12-4-2-3-11(14)9-12/h2-4,9-10H,5-8H2,1H3,(H,15,17). The molecule has 1 aromatic rings. The Morgan fingerprint density at radius 1 is 1.44 bits per heavy atom. The van der Waals surface area contributed by atoms with Crippen molar-refractivity contribution in [1.82, 2.24) is 4.90 Å². The summed E-state index contributed by atoms with van der Waals surface area (Å²) >= 11 is 5.36. The van der Waals surface area contributed by atoms with Crippen molar-refractivity contribution in [3.63, 3.8) is 0 Å². The molecule has 1 heterocycles. The third kappa shape index (κ3) is 3.73. The van der Waals surface area contributed by atoms with Crippen LogP contribution >= 0.6 is 27.7 Å². The van der Waals surface area contributed by atoms with Gasteiger partial charge in [0, 0.05) is 34.8 Å². The van der Waals surface area contributed by atoms with Gasteiger partial charge in [0.15, 0.2) is 0 Å². The summed E-state index contributed by atoms with van der Waals surface area (Å²) in [7, 11) is 0. The van der Waals surface area contributed by atoms with Gasteiger partial charge in [-0.2, -0.15) is 11.8 Å². The predicted molar refractivity (Wildman–Crippen MR) is 81.1 cm³/mol. The van der Waals surface area contributed by atoms with Gasteiger partial charge in [0.25, 0.3) is 0 Å². The summed E-state index contributed by atoms with van der Waals surface area (Å²) < 4.78 is 0.974. The van der Waals surface area contributed by atoms with Crippen LogP contribution in [0.5, 0.6) is 0 Å². The van der Waals surface area contributed by atoms with Crippen LogP contribution in [0.25, 0.3) is 0 Å². The lowest BCUT2D eigenvalue weighted by molar-refractivity contribution is -0.120. The highest BCUT2D eigenvalue weighted by Crippen LogP contribution is 2.17. The van der Waals surface area contributed by atoms with E-state index in [2.05, 4.69) is 26.1 Å². The summed E-state index contributed by atoms with van der Waals surface area (Å²) in [5.74, 6) is 2.31. The Morgan fingerprint density at radius 2 is 2.17 bits per heavy atom. The van der Waals surface area contributed by atoms with Gasteiger partial charge in [-0.3, -0.25) is 9.69 Å². The molecule has 1 N–H and O–H groups in total. The summed E-state index contributed by atoms with van der Waals surface area (Å²) in [6.07, 6.45) is 0. The minimum Gasteiger partial charge on any atom is -0.325 e. The first-order chi connectivity index (χ1) is 8.66. The minimum absolute atomic E-state index is 0.0649. The van der Waals surface area contributed by atoms with E-state index < -0.39 is 0 Å². The molecule has 1 saturated heterocycles. The van der Waals surface area contributed by atoms with Crippen LogP contribution in [-0.4, -0.2) is 41.4 Å². The second-order valence-corrected chi connectivity index (χ2v) is 6.46. The lowest BCUT2D eigenvalue weighted by atomic mass is 10.2. The van der Waals surface area contributed by atoms with E-state index in [1.165, 1.54) is 0 Å². The molecule has 1 aromatic carbocycles. The Kier molecular flexibility index (Phi) is 5.09. The highest BCUT2D eigenvalue weighted by molar-refractivity contribution is 9.10. The highest BCUT2D eigenvalue weighted by Gasteiger charge is 2.22. The van der Waals surface area contributed by atoms with E-state index >= 15 is 0 Å². The first-order valence-corrected chi connectivity index (χ1v) is 8.00. The molecule has 0 bridgehead atoms. The number of thioether (sulfide) groups is 1. The van der Waals surface area contributed by atoms with Crippen LogP contribution in [0.3, 0.4) is 0 Å². The van der Waals surface area contributed by atoms with Gasteiger partial charge in [-0.15, -0.1) is 0 Å². The van der Waals surface area contributed by atoms with Crippen molar-refractivity contribution in [3.05, 3.63) is 28.7 Å². The molecule has 2 rings (SSSR count). The zero-order chi connectivity index (χ0) is 13.0. The molecule has 0 spiro atoms. The number of hydrogen-bond acceptors (Lipinski definition) is 3. The molecule has 1 unspecified atom stereocenters. The van der Waals surface area contributed by atoms with E-state index in [-0.39, 0.29) is 11.9 Å². The Bertz CT molecular complexity index is 421. The van der Waals surface area contributed by atoms with Crippen molar-refractivity contribution in [2.45, 2.75) is 13.0 Å².